The zero-order valence-corrected chi connectivity index (χ0v) is 20.8. The lowest BCUT2D eigenvalue weighted by atomic mass is 9.90. The van der Waals surface area contributed by atoms with Crippen LogP contribution in [0.25, 0.3) is 0 Å². The molecule has 1 aliphatic heterocycles. The molecule has 1 N–H and O–H groups in total. The van der Waals surface area contributed by atoms with Gasteiger partial charge in [0.15, 0.2) is 5.82 Å². The number of carbonyl (C=O) groups excluding carboxylic acids is 1. The van der Waals surface area contributed by atoms with Gasteiger partial charge in [0.2, 0.25) is 5.91 Å². The molecule has 2 heterocycles. The lowest BCUT2D eigenvalue weighted by Crippen LogP contribution is -2.40. The van der Waals surface area contributed by atoms with Crippen molar-refractivity contribution < 1.29 is 18.4 Å². The van der Waals surface area contributed by atoms with Gasteiger partial charge in [-0.15, -0.1) is 0 Å². The predicted molar refractivity (Wildman–Crippen MR) is 131 cm³/mol. The molecule has 7 nitrogen and oxygen atoms in total. The Hall–Kier alpha value is -2.64. The molecule has 2 aliphatic carbocycles. The molecule has 1 aromatic carbocycles. The molecule has 2 aromatic rings. The van der Waals surface area contributed by atoms with Gasteiger partial charge in [0.25, 0.3) is 0 Å². The van der Waals surface area contributed by atoms with E-state index in [1.165, 1.54) is 12.5 Å². The largest absolute Gasteiger partial charge is 0.493 e. The van der Waals surface area contributed by atoms with Gasteiger partial charge in [-0.2, -0.15) is 4.98 Å². The fourth-order valence-electron chi connectivity index (χ4n) is 5.38. The Bertz CT molecular complexity index is 1010. The molecule has 2 atom stereocenters. The average Bonchev–Trinajstić information content (AvgIpc) is 3.40. The number of hydrogen-bond acceptors (Lipinski definition) is 6. The highest BCUT2D eigenvalue weighted by molar-refractivity contribution is 5.79. The predicted octanol–water partition coefficient (Wildman–Crippen LogP) is 4.86. The maximum Gasteiger partial charge on any atom is 0.324 e. The van der Waals surface area contributed by atoms with Crippen molar-refractivity contribution in [3.63, 3.8) is 0 Å². The third-order valence-electron chi connectivity index (χ3n) is 7.94. The zero-order valence-electron chi connectivity index (χ0n) is 20.8. The van der Waals surface area contributed by atoms with Crippen molar-refractivity contribution >= 4 is 11.9 Å². The van der Waals surface area contributed by atoms with Gasteiger partial charge in [-0.05, 0) is 74.3 Å². The summed E-state index contributed by atoms with van der Waals surface area (Å²) < 4.78 is 25.8. The minimum absolute atomic E-state index is 0.0799. The number of carbonyl (C=O) groups is 1. The van der Waals surface area contributed by atoms with E-state index in [4.69, 9.17) is 9.26 Å². The molecule has 0 bridgehead atoms. The van der Waals surface area contributed by atoms with Crippen molar-refractivity contribution in [2.45, 2.75) is 77.2 Å². The molecule has 1 saturated heterocycles. The molecule has 3 aliphatic rings. The first-order valence-electron chi connectivity index (χ1n) is 13.3. The van der Waals surface area contributed by atoms with Crippen molar-refractivity contribution in [3.05, 3.63) is 35.4 Å². The van der Waals surface area contributed by atoms with E-state index in [1.807, 2.05) is 0 Å². The Morgan fingerprint density at radius 1 is 1.26 bits per heavy atom. The number of anilines is 1. The van der Waals surface area contributed by atoms with Crippen LogP contribution in [0.15, 0.2) is 22.7 Å². The highest BCUT2D eigenvalue weighted by Gasteiger charge is 2.43. The van der Waals surface area contributed by atoms with E-state index in [0.717, 1.165) is 69.3 Å². The third-order valence-corrected chi connectivity index (χ3v) is 7.94. The van der Waals surface area contributed by atoms with Crippen LogP contribution in [-0.2, 0) is 11.2 Å². The Morgan fingerprint density at radius 3 is 2.71 bits per heavy atom. The lowest BCUT2D eigenvalue weighted by Gasteiger charge is -2.30. The summed E-state index contributed by atoms with van der Waals surface area (Å²) in [4.78, 5) is 18.8. The van der Waals surface area contributed by atoms with Gasteiger partial charge in [0.05, 0.1) is 13.0 Å². The maximum atomic E-state index is 14.5. The van der Waals surface area contributed by atoms with Gasteiger partial charge in [-0.3, -0.25) is 4.79 Å². The molecule has 8 heteroatoms. The Balaban J connectivity index is 1.01. The molecule has 3 fully saturated rings. The summed E-state index contributed by atoms with van der Waals surface area (Å²) in [7, 11) is 0. The second kappa shape index (κ2) is 10.5. The van der Waals surface area contributed by atoms with Crippen LogP contribution in [0.3, 0.4) is 0 Å². The van der Waals surface area contributed by atoms with Gasteiger partial charge in [-0.1, -0.05) is 25.1 Å². The molecule has 1 amide bonds. The highest BCUT2D eigenvalue weighted by atomic mass is 19.1. The number of aromatic nitrogens is 2. The van der Waals surface area contributed by atoms with Gasteiger partial charge < -0.3 is 19.5 Å². The first kappa shape index (κ1) is 24.1. The molecule has 2 saturated carbocycles. The SMILES string of the molecule is CC(C)c1noc(N2CCC(C3C[C@H]3CCOc3ccc(CC(=O)NC4CCC4)c(F)c3)CC2)n1. The van der Waals surface area contributed by atoms with Crippen LogP contribution in [0.5, 0.6) is 5.75 Å². The third kappa shape index (κ3) is 5.96. The van der Waals surface area contributed by atoms with E-state index in [-0.39, 0.29) is 30.1 Å². The number of hydrogen-bond donors (Lipinski definition) is 1. The smallest absolute Gasteiger partial charge is 0.324 e. The highest BCUT2D eigenvalue weighted by Crippen LogP contribution is 2.50. The zero-order chi connectivity index (χ0) is 24.4. The minimum Gasteiger partial charge on any atom is -0.493 e. The van der Waals surface area contributed by atoms with Crippen LogP contribution in [0, 0.1) is 23.6 Å². The van der Waals surface area contributed by atoms with E-state index >= 15 is 0 Å². The fourth-order valence-corrected chi connectivity index (χ4v) is 5.38. The van der Waals surface area contributed by atoms with Crippen molar-refractivity contribution in [1.29, 1.82) is 0 Å². The van der Waals surface area contributed by atoms with E-state index < -0.39 is 0 Å². The summed E-state index contributed by atoms with van der Waals surface area (Å²) in [6.07, 6.45) is 7.87. The molecule has 0 spiro atoms. The van der Waals surface area contributed by atoms with Crippen molar-refractivity contribution in [2.75, 3.05) is 24.6 Å². The van der Waals surface area contributed by atoms with E-state index in [1.54, 1.807) is 12.1 Å². The van der Waals surface area contributed by atoms with Crippen LogP contribution in [0.4, 0.5) is 10.4 Å². The molecule has 190 valence electrons. The number of rotatable bonds is 10. The van der Waals surface area contributed by atoms with Crippen molar-refractivity contribution in [2.24, 2.45) is 17.8 Å². The first-order chi connectivity index (χ1) is 17.0. The number of ether oxygens (including phenoxy) is 1. The van der Waals surface area contributed by atoms with Gasteiger partial charge in [0.1, 0.15) is 11.6 Å². The number of nitrogens with one attached hydrogen (secondary N) is 1. The number of halogens is 1. The maximum absolute atomic E-state index is 14.5. The number of benzene rings is 1. The van der Waals surface area contributed by atoms with E-state index in [2.05, 4.69) is 34.2 Å². The molecule has 0 radical (unpaired) electrons. The van der Waals surface area contributed by atoms with E-state index in [0.29, 0.717) is 29.9 Å². The summed E-state index contributed by atoms with van der Waals surface area (Å²) in [5.41, 5.74) is 0.420. The van der Waals surface area contributed by atoms with Crippen LogP contribution < -0.4 is 15.0 Å². The normalized spacial score (nSPS) is 22.8. The summed E-state index contributed by atoms with van der Waals surface area (Å²) in [5.74, 6) is 3.31. The topological polar surface area (TPSA) is 80.5 Å². The van der Waals surface area contributed by atoms with Crippen LogP contribution in [0.1, 0.15) is 76.1 Å². The Labute approximate surface area is 206 Å². The van der Waals surface area contributed by atoms with Crippen molar-refractivity contribution in [3.8, 4) is 5.75 Å². The molecule has 1 unspecified atom stereocenters. The summed E-state index contributed by atoms with van der Waals surface area (Å²) in [6, 6.07) is 5.79. The quantitative estimate of drug-likeness (QED) is 0.519. The standard InChI is InChI=1S/C27H37FN4O3/c1-17(2)26-30-27(35-31-26)32-11-8-18(9-12-32)23-14-19(23)10-13-34-22-7-6-20(24(28)16-22)15-25(33)29-21-4-3-5-21/h6-7,16-19,21,23H,3-5,8-15H2,1-2H3,(H,29,33)/t19-,23?/m1/s1. The Morgan fingerprint density at radius 2 is 2.06 bits per heavy atom. The van der Waals surface area contributed by atoms with Gasteiger partial charge >= 0.3 is 6.01 Å². The summed E-state index contributed by atoms with van der Waals surface area (Å²) >= 11 is 0. The second-order valence-electron chi connectivity index (χ2n) is 10.8. The number of nitrogens with zero attached hydrogens (tertiary/aromatic N) is 3. The van der Waals surface area contributed by atoms with Gasteiger partial charge in [-0.25, -0.2) is 4.39 Å². The molecule has 5 rings (SSSR count). The molecule has 1 aromatic heterocycles. The first-order valence-corrected chi connectivity index (χ1v) is 13.3. The number of piperidine rings is 1. The summed E-state index contributed by atoms with van der Waals surface area (Å²) in [6.45, 7) is 6.67. The fraction of sp³-hybridized carbons (Fsp3) is 0.667. The lowest BCUT2D eigenvalue weighted by molar-refractivity contribution is -0.121. The minimum atomic E-state index is -0.371. The molecular formula is C27H37FN4O3. The Kier molecular flexibility index (Phi) is 7.25. The monoisotopic (exact) mass is 484 g/mol. The number of amides is 1. The average molecular weight is 485 g/mol. The van der Waals surface area contributed by atoms with Gasteiger partial charge in [0, 0.05) is 31.1 Å². The van der Waals surface area contributed by atoms with Crippen LogP contribution in [-0.4, -0.2) is 41.8 Å². The molecule has 35 heavy (non-hydrogen) atoms. The summed E-state index contributed by atoms with van der Waals surface area (Å²) in [5, 5.41) is 7.04. The van der Waals surface area contributed by atoms with Crippen molar-refractivity contribution in [1.82, 2.24) is 15.5 Å². The van der Waals surface area contributed by atoms with E-state index in [9.17, 15) is 9.18 Å². The molecular weight excluding hydrogens is 447 g/mol. The second-order valence-corrected chi connectivity index (χ2v) is 10.8. The van der Waals surface area contributed by atoms with Crippen LogP contribution >= 0.6 is 0 Å². The van der Waals surface area contributed by atoms with Crippen LogP contribution in [0.2, 0.25) is 0 Å².